The van der Waals surface area contributed by atoms with Gasteiger partial charge in [0.25, 0.3) is 5.91 Å². The lowest BCUT2D eigenvalue weighted by Crippen LogP contribution is -2.50. The number of benzene rings is 3. The fraction of sp³-hybridized carbons (Fsp3) is 0.286. The van der Waals surface area contributed by atoms with Gasteiger partial charge in [-0.2, -0.15) is 0 Å². The molecule has 186 valence electrons. The Morgan fingerprint density at radius 3 is 2.44 bits per heavy atom. The molecule has 0 bridgehead atoms. The van der Waals surface area contributed by atoms with Gasteiger partial charge in [0.15, 0.2) is 11.5 Å². The molecule has 0 spiro atoms. The average molecular weight is 551 g/mol. The number of hydrogen-bond donors (Lipinski definition) is 1. The standard InChI is InChI=1S/C28H27BrN2O5/c1-34-22-9-8-18(29)12-17(22)15-30-27(32)25-20-13-23(35-2)24(36-3)14-21(20)28(33)31-11-10-16-6-4-5-7-19(16)26(25)31/h4-9,12-14,25-26H,10-11,15H2,1-3H3,(H,30,32)/t25-,26+/m0/s1. The lowest BCUT2D eigenvalue weighted by atomic mass is 9.75. The van der Waals surface area contributed by atoms with E-state index in [4.69, 9.17) is 14.2 Å². The Labute approximate surface area is 218 Å². The van der Waals surface area contributed by atoms with Gasteiger partial charge in [0, 0.05) is 28.7 Å². The summed E-state index contributed by atoms with van der Waals surface area (Å²) in [4.78, 5) is 29.5. The van der Waals surface area contributed by atoms with E-state index in [1.807, 2.05) is 41.3 Å². The van der Waals surface area contributed by atoms with Gasteiger partial charge in [0.2, 0.25) is 5.91 Å². The zero-order chi connectivity index (χ0) is 25.4. The Kier molecular flexibility index (Phi) is 6.62. The van der Waals surface area contributed by atoms with Crippen LogP contribution in [0.15, 0.2) is 59.1 Å². The van der Waals surface area contributed by atoms with Crippen LogP contribution in [-0.2, 0) is 17.8 Å². The fourth-order valence-corrected chi connectivity index (χ4v) is 5.72. The van der Waals surface area contributed by atoms with E-state index in [9.17, 15) is 9.59 Å². The molecule has 7 nitrogen and oxygen atoms in total. The van der Waals surface area contributed by atoms with E-state index in [0.717, 1.165) is 27.6 Å². The topological polar surface area (TPSA) is 77.1 Å². The third kappa shape index (κ3) is 4.09. The van der Waals surface area contributed by atoms with Crippen molar-refractivity contribution >= 4 is 27.7 Å². The van der Waals surface area contributed by atoms with Crippen molar-refractivity contribution in [3.63, 3.8) is 0 Å². The van der Waals surface area contributed by atoms with Crippen LogP contribution in [0.3, 0.4) is 0 Å². The van der Waals surface area contributed by atoms with E-state index in [0.29, 0.717) is 34.9 Å². The maximum Gasteiger partial charge on any atom is 0.254 e. The molecule has 0 unspecified atom stereocenters. The van der Waals surface area contributed by atoms with Crippen LogP contribution < -0.4 is 19.5 Å². The predicted molar refractivity (Wildman–Crippen MR) is 139 cm³/mol. The van der Waals surface area contributed by atoms with Crippen molar-refractivity contribution < 1.29 is 23.8 Å². The third-order valence-electron chi connectivity index (χ3n) is 7.01. The molecule has 5 rings (SSSR count). The van der Waals surface area contributed by atoms with Crippen LogP contribution in [-0.4, -0.2) is 44.6 Å². The number of amides is 2. The molecule has 2 atom stereocenters. The van der Waals surface area contributed by atoms with Crippen molar-refractivity contribution in [2.75, 3.05) is 27.9 Å². The Morgan fingerprint density at radius 2 is 1.69 bits per heavy atom. The smallest absolute Gasteiger partial charge is 0.254 e. The molecule has 0 aromatic heterocycles. The highest BCUT2D eigenvalue weighted by Crippen LogP contribution is 2.48. The summed E-state index contributed by atoms with van der Waals surface area (Å²) in [7, 11) is 4.69. The van der Waals surface area contributed by atoms with Gasteiger partial charge >= 0.3 is 0 Å². The largest absolute Gasteiger partial charge is 0.496 e. The second-order valence-corrected chi connectivity index (χ2v) is 9.75. The summed E-state index contributed by atoms with van der Waals surface area (Å²) in [6.45, 7) is 0.820. The van der Waals surface area contributed by atoms with Crippen molar-refractivity contribution in [3.8, 4) is 17.2 Å². The second-order valence-electron chi connectivity index (χ2n) is 8.84. The number of methoxy groups -OCH3 is 3. The summed E-state index contributed by atoms with van der Waals surface area (Å²) in [5.41, 5.74) is 4.10. The molecule has 0 radical (unpaired) electrons. The highest BCUT2D eigenvalue weighted by molar-refractivity contribution is 9.10. The molecule has 2 heterocycles. The SMILES string of the molecule is COc1ccc(Br)cc1CNC(=O)[C@H]1c2cc(OC)c(OC)cc2C(=O)N2CCc3ccccc3[C@H]12. The quantitative estimate of drug-likeness (QED) is 0.484. The number of fused-ring (bicyclic) bond motifs is 4. The molecule has 2 aliphatic heterocycles. The molecule has 0 aliphatic carbocycles. The lowest BCUT2D eigenvalue weighted by Gasteiger charge is -2.45. The normalized spacial score (nSPS) is 18.0. The molecule has 8 heteroatoms. The predicted octanol–water partition coefficient (Wildman–Crippen LogP) is 4.63. The summed E-state index contributed by atoms with van der Waals surface area (Å²) in [6, 6.07) is 16.7. The van der Waals surface area contributed by atoms with Crippen LogP contribution in [0.2, 0.25) is 0 Å². The molecule has 3 aromatic carbocycles. The van der Waals surface area contributed by atoms with Crippen molar-refractivity contribution in [1.82, 2.24) is 10.2 Å². The van der Waals surface area contributed by atoms with Crippen LogP contribution >= 0.6 is 15.9 Å². The monoisotopic (exact) mass is 550 g/mol. The van der Waals surface area contributed by atoms with E-state index in [1.165, 1.54) is 7.11 Å². The average Bonchev–Trinajstić information content (AvgIpc) is 2.91. The highest BCUT2D eigenvalue weighted by atomic mass is 79.9. The first-order valence-corrected chi connectivity index (χ1v) is 12.5. The van der Waals surface area contributed by atoms with Gasteiger partial charge in [-0.05, 0) is 53.4 Å². The highest BCUT2D eigenvalue weighted by Gasteiger charge is 2.46. The first-order chi connectivity index (χ1) is 17.5. The number of hydrogen-bond acceptors (Lipinski definition) is 5. The number of rotatable bonds is 6. The summed E-state index contributed by atoms with van der Waals surface area (Å²) in [5.74, 6) is 0.713. The van der Waals surface area contributed by atoms with Gasteiger partial charge in [-0.15, -0.1) is 0 Å². The molecular weight excluding hydrogens is 524 g/mol. The molecule has 1 N–H and O–H groups in total. The molecular formula is C28H27BrN2O5. The van der Waals surface area contributed by atoms with Gasteiger partial charge in [-0.1, -0.05) is 40.2 Å². The molecule has 0 saturated carbocycles. The Balaban J connectivity index is 1.60. The number of carbonyl (C=O) groups is 2. The maximum absolute atomic E-state index is 14.0. The van der Waals surface area contributed by atoms with Crippen LogP contribution in [0.4, 0.5) is 0 Å². The lowest BCUT2D eigenvalue weighted by molar-refractivity contribution is -0.124. The van der Waals surface area contributed by atoms with Crippen molar-refractivity contribution in [2.24, 2.45) is 0 Å². The number of ether oxygens (including phenoxy) is 3. The molecule has 2 aliphatic rings. The fourth-order valence-electron chi connectivity index (χ4n) is 5.31. The third-order valence-corrected chi connectivity index (χ3v) is 7.50. The summed E-state index contributed by atoms with van der Waals surface area (Å²) in [5, 5.41) is 3.11. The summed E-state index contributed by atoms with van der Waals surface area (Å²) < 4.78 is 17.4. The van der Waals surface area contributed by atoms with E-state index in [1.54, 1.807) is 26.4 Å². The van der Waals surface area contributed by atoms with Crippen LogP contribution in [0.5, 0.6) is 17.2 Å². The van der Waals surface area contributed by atoms with Crippen LogP contribution in [0.25, 0.3) is 0 Å². The van der Waals surface area contributed by atoms with Gasteiger partial charge in [0.05, 0.1) is 33.3 Å². The summed E-state index contributed by atoms with van der Waals surface area (Å²) >= 11 is 3.49. The molecule has 3 aromatic rings. The number of nitrogens with one attached hydrogen (secondary N) is 1. The number of halogens is 1. The minimum absolute atomic E-state index is 0.108. The van der Waals surface area contributed by atoms with Crippen molar-refractivity contribution in [3.05, 3.63) is 86.9 Å². The van der Waals surface area contributed by atoms with Crippen LogP contribution in [0, 0.1) is 0 Å². The van der Waals surface area contributed by atoms with Gasteiger partial charge in [-0.25, -0.2) is 0 Å². The minimum Gasteiger partial charge on any atom is -0.496 e. The van der Waals surface area contributed by atoms with Crippen molar-refractivity contribution in [2.45, 2.75) is 24.9 Å². The first kappa shape index (κ1) is 24.2. The zero-order valence-corrected chi connectivity index (χ0v) is 21.9. The van der Waals surface area contributed by atoms with Crippen molar-refractivity contribution in [1.29, 1.82) is 0 Å². The van der Waals surface area contributed by atoms with E-state index >= 15 is 0 Å². The minimum atomic E-state index is -0.628. The van der Waals surface area contributed by atoms with E-state index in [2.05, 4.69) is 27.3 Å². The Hall–Kier alpha value is -3.52. The molecule has 2 amide bonds. The Bertz CT molecular complexity index is 1340. The first-order valence-electron chi connectivity index (χ1n) is 11.7. The van der Waals surface area contributed by atoms with E-state index < -0.39 is 12.0 Å². The van der Waals surface area contributed by atoms with Gasteiger partial charge < -0.3 is 24.4 Å². The Morgan fingerprint density at radius 1 is 0.972 bits per heavy atom. The maximum atomic E-state index is 14.0. The number of nitrogens with zero attached hydrogens (tertiary/aromatic N) is 1. The zero-order valence-electron chi connectivity index (χ0n) is 20.3. The van der Waals surface area contributed by atoms with Gasteiger partial charge in [0.1, 0.15) is 5.75 Å². The van der Waals surface area contributed by atoms with E-state index in [-0.39, 0.29) is 18.4 Å². The number of carbonyl (C=O) groups excluding carboxylic acids is 2. The second kappa shape index (κ2) is 9.85. The molecule has 0 saturated heterocycles. The molecule has 36 heavy (non-hydrogen) atoms. The van der Waals surface area contributed by atoms with Gasteiger partial charge in [-0.3, -0.25) is 9.59 Å². The summed E-state index contributed by atoms with van der Waals surface area (Å²) in [6.07, 6.45) is 0.741. The van der Waals surface area contributed by atoms with Crippen LogP contribution in [0.1, 0.15) is 44.6 Å². The molecule has 0 fully saturated rings.